The largest absolute Gasteiger partial charge is 0.444 e. The van der Waals surface area contributed by atoms with Crippen LogP contribution in [0.15, 0.2) is 18.2 Å². The molecule has 2 rings (SSSR count). The lowest BCUT2D eigenvalue weighted by molar-refractivity contribution is -0.121. The number of anilines is 1. The lowest BCUT2D eigenvalue weighted by Gasteiger charge is -2.32. The number of ether oxygens (including phenoxy) is 1. The molecule has 1 aromatic carbocycles. The van der Waals surface area contributed by atoms with Crippen LogP contribution in [0.2, 0.25) is 10.0 Å². The molecule has 1 fully saturated rings. The number of hydrogen-bond donors (Lipinski definition) is 1. The van der Waals surface area contributed by atoms with Gasteiger partial charge in [0.2, 0.25) is 5.91 Å². The van der Waals surface area contributed by atoms with Gasteiger partial charge < -0.3 is 15.0 Å². The van der Waals surface area contributed by atoms with Gasteiger partial charge in [-0.05, 0) is 51.8 Å². The Morgan fingerprint density at radius 3 is 2.17 bits per heavy atom. The first kappa shape index (κ1) is 18.9. The minimum atomic E-state index is -0.517. The third-order valence-electron chi connectivity index (χ3n) is 3.65. The summed E-state index contributed by atoms with van der Waals surface area (Å²) in [7, 11) is 0. The van der Waals surface area contributed by atoms with Crippen molar-refractivity contribution >= 4 is 40.9 Å². The Bertz CT molecular complexity index is 601. The topological polar surface area (TPSA) is 58.6 Å². The number of carbonyl (C=O) groups excluding carboxylic acids is 2. The molecule has 0 saturated carbocycles. The summed E-state index contributed by atoms with van der Waals surface area (Å²) in [5, 5.41) is 3.77. The molecule has 7 heteroatoms. The highest BCUT2D eigenvalue weighted by atomic mass is 35.5. The molecule has 0 aliphatic carbocycles. The molecule has 1 aliphatic heterocycles. The first-order valence-electron chi connectivity index (χ1n) is 7.89. The molecule has 1 heterocycles. The summed E-state index contributed by atoms with van der Waals surface area (Å²) in [6.07, 6.45) is 0.863. The number of nitrogens with one attached hydrogen (secondary N) is 1. The van der Waals surface area contributed by atoms with E-state index >= 15 is 0 Å². The van der Waals surface area contributed by atoms with Crippen LogP contribution in [0.3, 0.4) is 0 Å². The van der Waals surface area contributed by atoms with Gasteiger partial charge in [0.05, 0.1) is 0 Å². The second kappa shape index (κ2) is 7.62. The van der Waals surface area contributed by atoms with Crippen molar-refractivity contribution in [1.82, 2.24) is 4.90 Å². The molecule has 5 nitrogen and oxygen atoms in total. The third-order valence-corrected chi connectivity index (χ3v) is 4.08. The molecule has 2 amide bonds. The Balaban J connectivity index is 1.87. The van der Waals surface area contributed by atoms with Crippen LogP contribution in [0.25, 0.3) is 0 Å². The Morgan fingerprint density at radius 1 is 1.12 bits per heavy atom. The summed E-state index contributed by atoms with van der Waals surface area (Å²) in [5.74, 6) is -0.237. The zero-order valence-corrected chi connectivity index (χ0v) is 15.6. The Kier molecular flexibility index (Phi) is 5.99. The summed E-state index contributed by atoms with van der Waals surface area (Å²) in [6, 6.07) is 4.92. The second-order valence-corrected chi connectivity index (χ2v) is 7.76. The van der Waals surface area contributed by atoms with E-state index in [1.807, 2.05) is 20.8 Å². The van der Waals surface area contributed by atoms with Crippen molar-refractivity contribution in [2.75, 3.05) is 18.4 Å². The third kappa shape index (κ3) is 5.56. The van der Waals surface area contributed by atoms with Crippen molar-refractivity contribution in [3.05, 3.63) is 28.2 Å². The molecule has 0 radical (unpaired) electrons. The molecule has 0 spiro atoms. The first-order chi connectivity index (χ1) is 11.1. The van der Waals surface area contributed by atoms with E-state index in [0.29, 0.717) is 41.7 Å². The quantitative estimate of drug-likeness (QED) is 0.826. The number of rotatable bonds is 2. The molecule has 0 atom stereocenters. The van der Waals surface area contributed by atoms with Crippen LogP contribution in [-0.4, -0.2) is 35.6 Å². The van der Waals surface area contributed by atoms with Gasteiger partial charge in [-0.2, -0.15) is 0 Å². The first-order valence-corrected chi connectivity index (χ1v) is 8.64. The summed E-state index contributed by atoms with van der Waals surface area (Å²) < 4.78 is 5.35. The van der Waals surface area contributed by atoms with Gasteiger partial charge in [-0.15, -0.1) is 0 Å². The summed E-state index contributed by atoms with van der Waals surface area (Å²) in [4.78, 5) is 26.0. The molecular formula is C17H22Cl2N2O3. The summed E-state index contributed by atoms with van der Waals surface area (Å²) >= 11 is 11.9. The molecule has 1 aliphatic rings. The molecule has 1 aromatic rings. The van der Waals surface area contributed by atoms with Crippen molar-refractivity contribution in [3.8, 4) is 0 Å². The molecule has 24 heavy (non-hydrogen) atoms. The SMILES string of the molecule is CC(C)(C)OC(=O)N1CCC(C(=O)Nc2cc(Cl)cc(Cl)c2)CC1. The number of likely N-dealkylation sites (tertiary alicyclic amines) is 1. The maximum atomic E-state index is 12.4. The Hall–Kier alpha value is -1.46. The van der Waals surface area contributed by atoms with Gasteiger partial charge >= 0.3 is 6.09 Å². The fourth-order valence-electron chi connectivity index (χ4n) is 2.52. The van der Waals surface area contributed by atoms with Gasteiger partial charge in [0, 0.05) is 34.7 Å². The second-order valence-electron chi connectivity index (χ2n) is 6.89. The normalized spacial score (nSPS) is 16.0. The van der Waals surface area contributed by atoms with Crippen LogP contribution in [0.1, 0.15) is 33.6 Å². The summed E-state index contributed by atoms with van der Waals surface area (Å²) in [6.45, 7) is 6.51. The Labute approximate surface area is 152 Å². The van der Waals surface area contributed by atoms with Crippen LogP contribution in [0.4, 0.5) is 10.5 Å². The van der Waals surface area contributed by atoms with Crippen LogP contribution < -0.4 is 5.32 Å². The lowest BCUT2D eigenvalue weighted by Crippen LogP contribution is -2.43. The molecule has 0 aromatic heterocycles. The van der Waals surface area contributed by atoms with Crippen molar-refractivity contribution in [3.63, 3.8) is 0 Å². The van der Waals surface area contributed by atoms with Gasteiger partial charge in [0.1, 0.15) is 5.60 Å². The monoisotopic (exact) mass is 372 g/mol. The fourth-order valence-corrected chi connectivity index (χ4v) is 3.05. The van der Waals surface area contributed by atoms with Gasteiger partial charge in [0.15, 0.2) is 0 Å². The number of nitrogens with zero attached hydrogens (tertiary/aromatic N) is 1. The van der Waals surface area contributed by atoms with Crippen LogP contribution in [0, 0.1) is 5.92 Å². The summed E-state index contributed by atoms with van der Waals surface area (Å²) in [5.41, 5.74) is 0.0593. The predicted molar refractivity (Wildman–Crippen MR) is 95.6 cm³/mol. The average molecular weight is 373 g/mol. The number of carbonyl (C=O) groups is 2. The van der Waals surface area contributed by atoms with Crippen LogP contribution in [-0.2, 0) is 9.53 Å². The van der Waals surface area contributed by atoms with Crippen molar-refractivity contribution in [2.24, 2.45) is 5.92 Å². The molecular weight excluding hydrogens is 351 g/mol. The number of benzene rings is 1. The molecule has 1 saturated heterocycles. The standard InChI is InChI=1S/C17H22Cl2N2O3/c1-17(2,3)24-16(23)21-6-4-11(5-7-21)15(22)20-14-9-12(18)8-13(19)10-14/h8-11H,4-7H2,1-3H3,(H,20,22). The highest BCUT2D eigenvalue weighted by Gasteiger charge is 2.29. The lowest BCUT2D eigenvalue weighted by atomic mass is 9.96. The van der Waals surface area contributed by atoms with Crippen molar-refractivity contribution in [2.45, 2.75) is 39.2 Å². The van der Waals surface area contributed by atoms with Gasteiger partial charge in [0.25, 0.3) is 0 Å². The molecule has 0 bridgehead atoms. The van der Waals surface area contributed by atoms with Crippen LogP contribution in [0.5, 0.6) is 0 Å². The van der Waals surface area contributed by atoms with E-state index < -0.39 is 5.60 Å². The van der Waals surface area contributed by atoms with E-state index in [4.69, 9.17) is 27.9 Å². The van der Waals surface area contributed by atoms with Crippen molar-refractivity contribution < 1.29 is 14.3 Å². The van der Waals surface area contributed by atoms with E-state index in [2.05, 4.69) is 5.32 Å². The van der Waals surface area contributed by atoms with Crippen LogP contribution >= 0.6 is 23.2 Å². The zero-order chi connectivity index (χ0) is 17.9. The van der Waals surface area contributed by atoms with Crippen molar-refractivity contribution in [1.29, 1.82) is 0 Å². The molecule has 1 N–H and O–H groups in total. The van der Waals surface area contributed by atoms with E-state index in [1.165, 1.54) is 0 Å². The number of halogens is 2. The van der Waals surface area contributed by atoms with E-state index in [0.717, 1.165) is 0 Å². The number of hydrogen-bond acceptors (Lipinski definition) is 3. The highest BCUT2D eigenvalue weighted by molar-refractivity contribution is 6.35. The zero-order valence-electron chi connectivity index (χ0n) is 14.1. The maximum absolute atomic E-state index is 12.4. The van der Waals surface area contributed by atoms with E-state index in [-0.39, 0.29) is 17.9 Å². The fraction of sp³-hybridized carbons (Fsp3) is 0.529. The van der Waals surface area contributed by atoms with Gasteiger partial charge in [-0.3, -0.25) is 4.79 Å². The van der Waals surface area contributed by atoms with E-state index in [1.54, 1.807) is 23.1 Å². The minimum absolute atomic E-state index is 0.0860. The predicted octanol–water partition coefficient (Wildman–Crippen LogP) is 4.58. The maximum Gasteiger partial charge on any atom is 0.410 e. The Morgan fingerprint density at radius 2 is 1.67 bits per heavy atom. The smallest absolute Gasteiger partial charge is 0.410 e. The molecule has 0 unspecified atom stereocenters. The number of amides is 2. The highest BCUT2D eigenvalue weighted by Crippen LogP contribution is 2.25. The molecule has 132 valence electrons. The van der Waals surface area contributed by atoms with Gasteiger partial charge in [-0.25, -0.2) is 4.79 Å². The average Bonchev–Trinajstić information content (AvgIpc) is 2.44. The minimum Gasteiger partial charge on any atom is -0.444 e. The van der Waals surface area contributed by atoms with E-state index in [9.17, 15) is 9.59 Å². The van der Waals surface area contributed by atoms with Gasteiger partial charge in [-0.1, -0.05) is 23.2 Å². The number of piperidine rings is 1.